The molecule has 0 atom stereocenters. The van der Waals surface area contributed by atoms with Crippen LogP contribution in [0.25, 0.3) is 15.9 Å². The molecule has 0 bridgehead atoms. The number of aromatic nitrogens is 5. The molecule has 3 heterocycles. The standard InChI is InChI=1S/C18H17ClN6OS2/c1-10-11-9-14(16(26)20-8-7-15-21-22-18(27)24(15)2)28-17(11)25(23-10)13-6-4-3-5-12(13)19/h3-6,9H,7-8H2,1-2H3,(H,20,26)(H,22,27). The quantitative estimate of drug-likeness (QED) is 0.470. The van der Waals surface area contributed by atoms with Crippen LogP contribution in [0.1, 0.15) is 21.2 Å². The van der Waals surface area contributed by atoms with Gasteiger partial charge in [-0.05, 0) is 37.3 Å². The lowest BCUT2D eigenvalue weighted by atomic mass is 10.3. The maximum Gasteiger partial charge on any atom is 0.261 e. The lowest BCUT2D eigenvalue weighted by molar-refractivity contribution is 0.0958. The molecule has 0 aliphatic rings. The highest BCUT2D eigenvalue weighted by Gasteiger charge is 2.18. The van der Waals surface area contributed by atoms with E-state index in [1.54, 1.807) is 9.25 Å². The number of aryl methyl sites for hydroxylation is 1. The zero-order valence-electron chi connectivity index (χ0n) is 15.2. The van der Waals surface area contributed by atoms with Crippen LogP contribution < -0.4 is 5.32 Å². The van der Waals surface area contributed by atoms with E-state index < -0.39 is 0 Å². The van der Waals surface area contributed by atoms with Crippen molar-refractivity contribution in [3.8, 4) is 5.69 Å². The van der Waals surface area contributed by atoms with Crippen LogP contribution in [0, 0.1) is 11.7 Å². The molecule has 2 N–H and O–H groups in total. The molecule has 0 unspecified atom stereocenters. The van der Waals surface area contributed by atoms with E-state index in [2.05, 4.69) is 20.6 Å². The second-order valence-electron chi connectivity index (χ2n) is 6.29. The number of hydrogen-bond acceptors (Lipinski definition) is 5. The second kappa shape index (κ2) is 7.50. The molecule has 0 aliphatic carbocycles. The topological polar surface area (TPSA) is 80.5 Å². The number of carbonyl (C=O) groups is 1. The van der Waals surface area contributed by atoms with E-state index in [4.69, 9.17) is 23.8 Å². The van der Waals surface area contributed by atoms with Gasteiger partial charge in [0.05, 0.1) is 21.3 Å². The molecule has 10 heteroatoms. The van der Waals surface area contributed by atoms with Gasteiger partial charge in [0.2, 0.25) is 0 Å². The third kappa shape index (κ3) is 3.36. The van der Waals surface area contributed by atoms with Crippen molar-refractivity contribution in [1.82, 2.24) is 29.9 Å². The average Bonchev–Trinajstić information content (AvgIpc) is 3.33. The van der Waals surface area contributed by atoms with Gasteiger partial charge in [0, 0.05) is 25.4 Å². The first-order chi connectivity index (χ1) is 13.5. The normalized spacial score (nSPS) is 11.2. The molecular formula is C18H17ClN6OS2. The minimum absolute atomic E-state index is 0.122. The Kier molecular flexibility index (Phi) is 5.05. The molecule has 144 valence electrons. The van der Waals surface area contributed by atoms with Gasteiger partial charge in [-0.15, -0.1) is 11.3 Å². The largest absolute Gasteiger partial charge is 0.351 e. The van der Waals surface area contributed by atoms with Crippen molar-refractivity contribution in [3.63, 3.8) is 0 Å². The fraction of sp³-hybridized carbons (Fsp3) is 0.222. The summed E-state index contributed by atoms with van der Waals surface area (Å²) >= 11 is 12.8. The summed E-state index contributed by atoms with van der Waals surface area (Å²) in [6, 6.07) is 9.39. The van der Waals surface area contributed by atoms with E-state index in [9.17, 15) is 4.79 Å². The molecule has 4 rings (SSSR count). The number of fused-ring (bicyclic) bond motifs is 1. The Balaban J connectivity index is 1.55. The van der Waals surface area contributed by atoms with Gasteiger partial charge in [0.25, 0.3) is 5.91 Å². The zero-order valence-corrected chi connectivity index (χ0v) is 17.6. The summed E-state index contributed by atoms with van der Waals surface area (Å²) in [5.41, 5.74) is 1.65. The summed E-state index contributed by atoms with van der Waals surface area (Å²) in [7, 11) is 1.85. The summed E-state index contributed by atoms with van der Waals surface area (Å²) in [5, 5.41) is 16.0. The fourth-order valence-electron chi connectivity index (χ4n) is 2.92. The number of halogens is 1. The SMILES string of the molecule is Cc1nn(-c2ccccc2Cl)c2sc(C(=O)NCCc3n[nH]c(=S)n3C)cc12. The Hall–Kier alpha value is -2.49. The van der Waals surface area contributed by atoms with Crippen LogP contribution >= 0.6 is 35.2 Å². The molecule has 28 heavy (non-hydrogen) atoms. The van der Waals surface area contributed by atoms with Gasteiger partial charge in [-0.2, -0.15) is 10.2 Å². The molecule has 0 saturated carbocycles. The Bertz CT molecular complexity index is 1230. The molecule has 1 aromatic carbocycles. The number of carbonyl (C=O) groups excluding carboxylic acids is 1. The fourth-order valence-corrected chi connectivity index (χ4v) is 4.38. The molecule has 7 nitrogen and oxygen atoms in total. The van der Waals surface area contributed by atoms with Crippen molar-refractivity contribution in [1.29, 1.82) is 0 Å². The number of nitrogens with zero attached hydrogens (tertiary/aromatic N) is 4. The smallest absolute Gasteiger partial charge is 0.261 e. The first kappa shape index (κ1) is 18.9. The zero-order chi connectivity index (χ0) is 19.8. The van der Waals surface area contributed by atoms with Crippen molar-refractivity contribution >= 4 is 51.3 Å². The van der Waals surface area contributed by atoms with Gasteiger partial charge in [0.1, 0.15) is 10.7 Å². The molecule has 0 aliphatic heterocycles. The van der Waals surface area contributed by atoms with E-state index in [1.165, 1.54) is 11.3 Å². The van der Waals surface area contributed by atoms with Crippen LogP contribution in [0.2, 0.25) is 5.02 Å². The number of H-pyrrole nitrogens is 1. The Labute approximate surface area is 174 Å². The van der Waals surface area contributed by atoms with Crippen LogP contribution in [0.5, 0.6) is 0 Å². The molecule has 0 radical (unpaired) electrons. The van der Waals surface area contributed by atoms with Gasteiger partial charge < -0.3 is 9.88 Å². The maximum atomic E-state index is 12.6. The van der Waals surface area contributed by atoms with Gasteiger partial charge >= 0.3 is 0 Å². The highest BCUT2D eigenvalue weighted by molar-refractivity contribution is 7.71. The van der Waals surface area contributed by atoms with E-state index >= 15 is 0 Å². The number of rotatable bonds is 5. The van der Waals surface area contributed by atoms with E-state index in [1.807, 2.05) is 44.3 Å². The molecule has 3 aromatic heterocycles. The van der Waals surface area contributed by atoms with E-state index in [0.29, 0.717) is 27.6 Å². The predicted molar refractivity (Wildman–Crippen MR) is 113 cm³/mol. The molecular weight excluding hydrogens is 416 g/mol. The number of aromatic amines is 1. The van der Waals surface area contributed by atoms with Crippen LogP contribution in [0.4, 0.5) is 0 Å². The Morgan fingerprint density at radius 3 is 2.89 bits per heavy atom. The van der Waals surface area contributed by atoms with Crippen LogP contribution in [-0.4, -0.2) is 37.0 Å². The highest BCUT2D eigenvalue weighted by Crippen LogP contribution is 2.32. The summed E-state index contributed by atoms with van der Waals surface area (Å²) in [4.78, 5) is 14.1. The molecule has 4 aromatic rings. The number of para-hydroxylation sites is 1. The van der Waals surface area contributed by atoms with Gasteiger partial charge in [-0.1, -0.05) is 23.7 Å². The van der Waals surface area contributed by atoms with Crippen molar-refractivity contribution < 1.29 is 4.79 Å². The minimum atomic E-state index is -0.122. The van der Waals surface area contributed by atoms with Crippen molar-refractivity contribution in [2.24, 2.45) is 7.05 Å². The molecule has 0 fully saturated rings. The lowest BCUT2D eigenvalue weighted by Crippen LogP contribution is -2.25. The van der Waals surface area contributed by atoms with Crippen LogP contribution in [0.15, 0.2) is 30.3 Å². The van der Waals surface area contributed by atoms with Gasteiger partial charge in [-0.25, -0.2) is 4.68 Å². The van der Waals surface area contributed by atoms with Crippen LogP contribution in [-0.2, 0) is 13.5 Å². The number of thiophene rings is 1. The summed E-state index contributed by atoms with van der Waals surface area (Å²) in [5.74, 6) is 0.676. The summed E-state index contributed by atoms with van der Waals surface area (Å²) in [6.07, 6.45) is 0.590. The number of nitrogens with one attached hydrogen (secondary N) is 2. The van der Waals surface area contributed by atoms with Crippen molar-refractivity contribution in [2.45, 2.75) is 13.3 Å². The first-order valence-corrected chi connectivity index (χ1v) is 10.2. The Morgan fingerprint density at radius 1 is 1.39 bits per heavy atom. The first-order valence-electron chi connectivity index (χ1n) is 8.58. The van der Waals surface area contributed by atoms with Crippen molar-refractivity contribution in [2.75, 3.05) is 6.54 Å². The average molecular weight is 433 g/mol. The molecule has 0 spiro atoms. The highest BCUT2D eigenvalue weighted by atomic mass is 35.5. The number of benzene rings is 1. The van der Waals surface area contributed by atoms with Gasteiger partial charge in [0.15, 0.2) is 4.77 Å². The van der Waals surface area contributed by atoms with Crippen LogP contribution in [0.3, 0.4) is 0 Å². The van der Waals surface area contributed by atoms with E-state index in [0.717, 1.165) is 27.4 Å². The summed E-state index contributed by atoms with van der Waals surface area (Å²) in [6.45, 7) is 2.39. The van der Waals surface area contributed by atoms with Gasteiger partial charge in [-0.3, -0.25) is 9.89 Å². The predicted octanol–water partition coefficient (Wildman–Crippen LogP) is 3.81. The second-order valence-corrected chi connectivity index (χ2v) is 8.11. The monoisotopic (exact) mass is 432 g/mol. The summed E-state index contributed by atoms with van der Waals surface area (Å²) < 4.78 is 4.15. The van der Waals surface area contributed by atoms with Crippen molar-refractivity contribution in [3.05, 3.63) is 56.5 Å². The minimum Gasteiger partial charge on any atom is -0.351 e. The third-order valence-electron chi connectivity index (χ3n) is 4.46. The Morgan fingerprint density at radius 2 is 2.18 bits per heavy atom. The van der Waals surface area contributed by atoms with E-state index in [-0.39, 0.29) is 5.91 Å². The molecule has 0 saturated heterocycles. The lowest BCUT2D eigenvalue weighted by Gasteiger charge is -2.05. The number of amides is 1. The number of hydrogen-bond donors (Lipinski definition) is 2. The molecule has 1 amide bonds. The maximum absolute atomic E-state index is 12.6. The third-order valence-corrected chi connectivity index (χ3v) is 6.25.